The number of benzene rings is 1. The second kappa shape index (κ2) is 5.44. The normalized spacial score (nSPS) is 17.1. The number of amides is 1. The zero-order valence-corrected chi connectivity index (χ0v) is 12.9. The summed E-state index contributed by atoms with van der Waals surface area (Å²) < 4.78 is 5.93. The number of carboxylic acid groups (broad SMARTS) is 1. The molecule has 0 heterocycles. The van der Waals surface area contributed by atoms with Gasteiger partial charge in [0, 0.05) is 0 Å². The predicted molar refractivity (Wildman–Crippen MR) is 76.6 cm³/mol. The lowest BCUT2D eigenvalue weighted by Gasteiger charge is -2.18. The fourth-order valence-electron chi connectivity index (χ4n) is 2.03. The monoisotopic (exact) mass is 341 g/mol. The average Bonchev–Trinajstić information content (AvgIpc) is 3.19. The third-order valence-corrected chi connectivity index (χ3v) is 4.24. The zero-order chi connectivity index (χ0) is 14.9. The summed E-state index contributed by atoms with van der Waals surface area (Å²) in [5, 5.41) is 11.8. The van der Waals surface area contributed by atoms with E-state index in [1.54, 1.807) is 13.2 Å². The lowest BCUT2D eigenvalue weighted by molar-refractivity contribution is -0.149. The van der Waals surface area contributed by atoms with E-state index in [0.29, 0.717) is 18.6 Å². The lowest BCUT2D eigenvalue weighted by Crippen LogP contribution is -2.38. The molecule has 1 amide bonds. The van der Waals surface area contributed by atoms with Gasteiger partial charge in [-0.05, 0) is 53.4 Å². The van der Waals surface area contributed by atoms with E-state index in [0.717, 1.165) is 10.0 Å². The first kappa shape index (κ1) is 14.8. The minimum Gasteiger partial charge on any atom is -0.496 e. The molecule has 2 N–H and O–H groups in total. The summed E-state index contributed by atoms with van der Waals surface area (Å²) in [7, 11) is 1.58. The maximum atomic E-state index is 12.0. The number of carboxylic acids is 1. The van der Waals surface area contributed by atoms with Gasteiger partial charge in [0.2, 0.25) is 5.91 Å². The number of rotatable bonds is 5. The van der Waals surface area contributed by atoms with Gasteiger partial charge in [-0.25, -0.2) is 0 Å². The average molecular weight is 342 g/mol. The minimum atomic E-state index is -1.21. The number of ether oxygens (including phenoxy) is 1. The van der Waals surface area contributed by atoms with Crippen molar-refractivity contribution in [2.75, 3.05) is 7.11 Å². The SMILES string of the molecule is COc1ccc([C@@H](C)NC(=O)C2(C(=O)O)CC2)cc1Br. The molecule has 1 aromatic carbocycles. The molecule has 0 aliphatic heterocycles. The Bertz CT molecular complexity index is 554. The van der Waals surface area contributed by atoms with Crippen LogP contribution in [0.25, 0.3) is 0 Å². The van der Waals surface area contributed by atoms with E-state index in [2.05, 4.69) is 21.2 Å². The Labute approximate surface area is 125 Å². The molecule has 1 atom stereocenters. The van der Waals surface area contributed by atoms with E-state index in [9.17, 15) is 9.59 Å². The highest BCUT2D eigenvalue weighted by atomic mass is 79.9. The van der Waals surface area contributed by atoms with E-state index in [-0.39, 0.29) is 6.04 Å². The van der Waals surface area contributed by atoms with E-state index >= 15 is 0 Å². The number of aliphatic carboxylic acids is 1. The summed E-state index contributed by atoms with van der Waals surface area (Å²) in [6.07, 6.45) is 0.820. The second-order valence-electron chi connectivity index (χ2n) is 4.98. The number of hydrogen-bond acceptors (Lipinski definition) is 3. The Balaban J connectivity index is 2.09. The first-order chi connectivity index (χ1) is 9.40. The number of carbonyl (C=O) groups is 2. The number of methoxy groups -OCH3 is 1. The highest BCUT2D eigenvalue weighted by Gasteiger charge is 2.57. The number of halogens is 1. The molecule has 108 valence electrons. The van der Waals surface area contributed by atoms with E-state index in [1.807, 2.05) is 19.1 Å². The summed E-state index contributed by atoms with van der Waals surface area (Å²) in [5.41, 5.74) is -0.329. The summed E-state index contributed by atoms with van der Waals surface area (Å²) in [5.74, 6) is -0.751. The van der Waals surface area contributed by atoms with Gasteiger partial charge in [0.15, 0.2) is 0 Å². The molecule has 6 heteroatoms. The van der Waals surface area contributed by atoms with Gasteiger partial charge in [-0.15, -0.1) is 0 Å². The van der Waals surface area contributed by atoms with Crippen LogP contribution in [0.4, 0.5) is 0 Å². The van der Waals surface area contributed by atoms with Gasteiger partial charge in [0.1, 0.15) is 11.2 Å². The Morgan fingerprint density at radius 1 is 1.45 bits per heavy atom. The van der Waals surface area contributed by atoms with Crippen molar-refractivity contribution in [1.82, 2.24) is 5.32 Å². The summed E-state index contributed by atoms with van der Waals surface area (Å²) in [4.78, 5) is 23.1. The van der Waals surface area contributed by atoms with Gasteiger partial charge in [0.05, 0.1) is 17.6 Å². The topological polar surface area (TPSA) is 75.6 Å². The Kier molecular flexibility index (Phi) is 4.04. The van der Waals surface area contributed by atoms with Crippen molar-refractivity contribution in [1.29, 1.82) is 0 Å². The molecular formula is C14H16BrNO4. The number of hydrogen-bond donors (Lipinski definition) is 2. The largest absolute Gasteiger partial charge is 0.496 e. The molecule has 1 saturated carbocycles. The Morgan fingerprint density at radius 3 is 2.55 bits per heavy atom. The van der Waals surface area contributed by atoms with Crippen LogP contribution in [-0.4, -0.2) is 24.1 Å². The second-order valence-corrected chi connectivity index (χ2v) is 5.83. The first-order valence-electron chi connectivity index (χ1n) is 6.28. The third kappa shape index (κ3) is 2.65. The van der Waals surface area contributed by atoms with E-state index < -0.39 is 17.3 Å². The van der Waals surface area contributed by atoms with E-state index in [1.165, 1.54) is 0 Å². The molecule has 1 aliphatic carbocycles. The van der Waals surface area contributed by atoms with Crippen LogP contribution in [0, 0.1) is 5.41 Å². The van der Waals surface area contributed by atoms with Gasteiger partial charge < -0.3 is 15.2 Å². The Morgan fingerprint density at radius 2 is 2.10 bits per heavy atom. The zero-order valence-electron chi connectivity index (χ0n) is 11.3. The molecular weight excluding hydrogens is 326 g/mol. The maximum Gasteiger partial charge on any atom is 0.319 e. The van der Waals surface area contributed by atoms with Crippen molar-refractivity contribution in [3.8, 4) is 5.75 Å². The van der Waals surface area contributed by atoms with Crippen molar-refractivity contribution < 1.29 is 19.4 Å². The number of nitrogens with one attached hydrogen (secondary N) is 1. The van der Waals surface area contributed by atoms with Crippen LogP contribution in [-0.2, 0) is 9.59 Å². The van der Waals surface area contributed by atoms with Crippen molar-refractivity contribution in [2.45, 2.75) is 25.8 Å². The van der Waals surface area contributed by atoms with Gasteiger partial charge in [-0.3, -0.25) is 9.59 Å². The van der Waals surface area contributed by atoms with Crippen molar-refractivity contribution in [3.05, 3.63) is 28.2 Å². The molecule has 0 radical (unpaired) electrons. The highest BCUT2D eigenvalue weighted by Crippen LogP contribution is 2.46. The van der Waals surface area contributed by atoms with Crippen LogP contribution < -0.4 is 10.1 Å². The molecule has 0 saturated heterocycles. The van der Waals surface area contributed by atoms with Crippen LogP contribution in [0.1, 0.15) is 31.4 Å². The molecule has 20 heavy (non-hydrogen) atoms. The van der Waals surface area contributed by atoms with Crippen LogP contribution in [0.15, 0.2) is 22.7 Å². The van der Waals surface area contributed by atoms with Crippen molar-refractivity contribution >= 4 is 27.8 Å². The van der Waals surface area contributed by atoms with Crippen molar-refractivity contribution in [2.24, 2.45) is 5.41 Å². The maximum absolute atomic E-state index is 12.0. The van der Waals surface area contributed by atoms with E-state index in [4.69, 9.17) is 9.84 Å². The van der Waals surface area contributed by atoms with Gasteiger partial charge in [0.25, 0.3) is 0 Å². The van der Waals surface area contributed by atoms with Crippen LogP contribution >= 0.6 is 15.9 Å². The molecule has 1 aliphatic rings. The highest BCUT2D eigenvalue weighted by molar-refractivity contribution is 9.10. The molecule has 1 aromatic rings. The van der Waals surface area contributed by atoms with Crippen LogP contribution in [0.3, 0.4) is 0 Å². The molecule has 0 bridgehead atoms. The van der Waals surface area contributed by atoms with Gasteiger partial charge >= 0.3 is 5.97 Å². The summed E-state index contributed by atoms with van der Waals surface area (Å²) >= 11 is 3.39. The molecule has 0 unspecified atom stereocenters. The van der Waals surface area contributed by atoms with Crippen LogP contribution in [0.2, 0.25) is 0 Å². The standard InChI is InChI=1S/C14H16BrNO4/c1-8(9-3-4-11(20-2)10(15)7-9)16-12(17)14(5-6-14)13(18)19/h3-4,7-8H,5-6H2,1-2H3,(H,16,17)(H,18,19)/t8-/m1/s1. The summed E-state index contributed by atoms with van der Waals surface area (Å²) in [6, 6.07) is 5.23. The summed E-state index contributed by atoms with van der Waals surface area (Å²) in [6.45, 7) is 1.82. The van der Waals surface area contributed by atoms with Gasteiger partial charge in [-0.1, -0.05) is 6.07 Å². The van der Waals surface area contributed by atoms with Crippen molar-refractivity contribution in [3.63, 3.8) is 0 Å². The predicted octanol–water partition coefficient (Wildman–Crippen LogP) is 2.50. The molecule has 0 spiro atoms. The smallest absolute Gasteiger partial charge is 0.319 e. The molecule has 0 aromatic heterocycles. The third-order valence-electron chi connectivity index (χ3n) is 3.62. The molecule has 2 rings (SSSR count). The first-order valence-corrected chi connectivity index (χ1v) is 7.08. The fourth-order valence-corrected chi connectivity index (χ4v) is 2.59. The van der Waals surface area contributed by atoms with Gasteiger partial charge in [-0.2, -0.15) is 0 Å². The molecule has 1 fully saturated rings. The lowest BCUT2D eigenvalue weighted by atomic mass is 10.0. The number of carbonyl (C=O) groups excluding carboxylic acids is 1. The van der Waals surface area contributed by atoms with Crippen LogP contribution in [0.5, 0.6) is 5.75 Å². The Hall–Kier alpha value is -1.56. The fraction of sp³-hybridized carbons (Fsp3) is 0.429. The molecule has 5 nitrogen and oxygen atoms in total. The minimum absolute atomic E-state index is 0.262. The quantitative estimate of drug-likeness (QED) is 0.807.